The number of nitrogens with one attached hydrogen (secondary N) is 1. The zero-order chi connectivity index (χ0) is 19.3. The highest BCUT2D eigenvalue weighted by molar-refractivity contribution is 5.95. The number of nitrogens with two attached hydrogens (primary N) is 1. The van der Waals surface area contributed by atoms with Gasteiger partial charge in [0.05, 0.1) is 10.6 Å². The third kappa shape index (κ3) is 4.91. The van der Waals surface area contributed by atoms with Crippen LogP contribution in [0.2, 0.25) is 0 Å². The minimum Gasteiger partial charge on any atom is -0.433 e. The number of ether oxygens (including phenoxy) is 1. The number of nitro groups is 1. The number of anilines is 2. The second-order valence-electron chi connectivity index (χ2n) is 5.75. The standard InChI is InChI=1S/C15H22F2N6O3/c1-3-19-15(18)20-10-8-12(23(24)25)11(9-13(10)26-14(16)17)22-6-4-21(2)5-7-22/h8-9,14H,3-7H2,1-2H3,(H3,18,19,20). The van der Waals surface area contributed by atoms with Crippen LogP contribution in [-0.4, -0.2) is 62.2 Å². The number of halogens is 2. The number of nitro benzene ring substituents is 1. The van der Waals surface area contributed by atoms with E-state index in [2.05, 4.69) is 19.9 Å². The van der Waals surface area contributed by atoms with Crippen molar-refractivity contribution in [3.63, 3.8) is 0 Å². The van der Waals surface area contributed by atoms with Crippen molar-refractivity contribution >= 4 is 23.0 Å². The third-order valence-electron chi connectivity index (χ3n) is 3.92. The first-order chi connectivity index (χ1) is 12.3. The van der Waals surface area contributed by atoms with Crippen molar-refractivity contribution in [1.29, 1.82) is 0 Å². The summed E-state index contributed by atoms with van der Waals surface area (Å²) in [7, 11) is 1.94. The first kappa shape index (κ1) is 19.6. The number of hydrogen-bond acceptors (Lipinski definition) is 6. The van der Waals surface area contributed by atoms with Gasteiger partial charge in [0.25, 0.3) is 5.69 Å². The molecule has 1 aliphatic rings. The summed E-state index contributed by atoms with van der Waals surface area (Å²) in [6, 6.07) is 2.39. The maximum atomic E-state index is 12.8. The van der Waals surface area contributed by atoms with E-state index in [0.717, 1.165) is 6.07 Å². The molecule has 0 unspecified atom stereocenters. The monoisotopic (exact) mass is 372 g/mol. The topological polar surface area (TPSA) is 109 Å². The van der Waals surface area contributed by atoms with Crippen LogP contribution in [0.5, 0.6) is 5.75 Å². The summed E-state index contributed by atoms with van der Waals surface area (Å²) < 4.78 is 30.2. The van der Waals surface area contributed by atoms with E-state index >= 15 is 0 Å². The van der Waals surface area contributed by atoms with Gasteiger partial charge in [-0.2, -0.15) is 8.78 Å². The molecule has 1 saturated heterocycles. The van der Waals surface area contributed by atoms with Crippen LogP contribution in [0.1, 0.15) is 6.92 Å². The summed E-state index contributed by atoms with van der Waals surface area (Å²) in [5, 5.41) is 14.1. The molecule has 1 aromatic carbocycles. The molecule has 1 aliphatic heterocycles. The molecule has 0 amide bonds. The molecule has 0 saturated carbocycles. The Hall–Kier alpha value is -2.69. The average Bonchev–Trinajstić information content (AvgIpc) is 2.56. The van der Waals surface area contributed by atoms with Gasteiger partial charge in [-0.15, -0.1) is 0 Å². The fourth-order valence-corrected chi connectivity index (χ4v) is 2.64. The van der Waals surface area contributed by atoms with Gasteiger partial charge >= 0.3 is 6.61 Å². The van der Waals surface area contributed by atoms with Crippen molar-refractivity contribution in [3.05, 3.63) is 22.2 Å². The second kappa shape index (κ2) is 8.61. The number of piperazine rings is 1. The van der Waals surface area contributed by atoms with Crippen LogP contribution in [0.3, 0.4) is 0 Å². The van der Waals surface area contributed by atoms with E-state index in [1.807, 2.05) is 7.05 Å². The van der Waals surface area contributed by atoms with Crippen LogP contribution >= 0.6 is 0 Å². The molecular weight excluding hydrogens is 350 g/mol. The Morgan fingerprint density at radius 2 is 2.08 bits per heavy atom. The highest BCUT2D eigenvalue weighted by atomic mass is 19.3. The van der Waals surface area contributed by atoms with Gasteiger partial charge in [-0.3, -0.25) is 15.1 Å². The normalized spacial score (nSPS) is 16.0. The number of alkyl halides is 2. The molecule has 0 atom stereocenters. The van der Waals surface area contributed by atoms with Crippen molar-refractivity contribution in [1.82, 2.24) is 4.90 Å². The van der Waals surface area contributed by atoms with Gasteiger partial charge in [0.15, 0.2) is 11.7 Å². The van der Waals surface area contributed by atoms with E-state index in [4.69, 9.17) is 5.73 Å². The largest absolute Gasteiger partial charge is 0.433 e. The molecule has 0 aromatic heterocycles. The van der Waals surface area contributed by atoms with Crippen LogP contribution in [0.25, 0.3) is 0 Å². The lowest BCUT2D eigenvalue weighted by Crippen LogP contribution is -2.44. The Bertz CT molecular complexity index is 678. The van der Waals surface area contributed by atoms with Crippen molar-refractivity contribution in [3.8, 4) is 5.75 Å². The SMILES string of the molecule is CC/N=C(\N)Nc1cc([N+](=O)[O-])c(N2CCN(C)CC2)cc1OC(F)F. The van der Waals surface area contributed by atoms with Crippen LogP contribution in [0.4, 0.5) is 25.8 Å². The van der Waals surface area contributed by atoms with Crippen LogP contribution in [0.15, 0.2) is 17.1 Å². The Morgan fingerprint density at radius 3 is 2.62 bits per heavy atom. The van der Waals surface area contributed by atoms with Gasteiger partial charge in [0.1, 0.15) is 5.69 Å². The maximum Gasteiger partial charge on any atom is 0.387 e. The molecule has 9 nitrogen and oxygen atoms in total. The van der Waals surface area contributed by atoms with E-state index in [0.29, 0.717) is 32.7 Å². The number of likely N-dealkylation sites (N-methyl/N-ethyl adjacent to an activating group) is 1. The zero-order valence-corrected chi connectivity index (χ0v) is 14.6. The third-order valence-corrected chi connectivity index (χ3v) is 3.92. The molecule has 26 heavy (non-hydrogen) atoms. The zero-order valence-electron chi connectivity index (χ0n) is 14.6. The van der Waals surface area contributed by atoms with Gasteiger partial charge in [-0.1, -0.05) is 0 Å². The Labute approximate surface area is 149 Å². The predicted octanol–water partition coefficient (Wildman–Crippen LogP) is 1.69. The van der Waals surface area contributed by atoms with Crippen molar-refractivity contribution in [2.45, 2.75) is 13.5 Å². The minimum atomic E-state index is -3.08. The van der Waals surface area contributed by atoms with Crippen molar-refractivity contribution < 1.29 is 18.4 Å². The number of nitrogens with zero attached hydrogens (tertiary/aromatic N) is 4. The molecule has 2 rings (SSSR count). The summed E-state index contributed by atoms with van der Waals surface area (Å²) in [6.07, 6.45) is 0. The number of hydrogen-bond donors (Lipinski definition) is 2. The van der Waals surface area contributed by atoms with E-state index in [1.54, 1.807) is 11.8 Å². The average molecular weight is 372 g/mol. The van der Waals surface area contributed by atoms with Gasteiger partial charge in [0.2, 0.25) is 0 Å². The van der Waals surface area contributed by atoms with E-state index in [1.165, 1.54) is 6.07 Å². The molecule has 1 heterocycles. The fourth-order valence-electron chi connectivity index (χ4n) is 2.64. The van der Waals surface area contributed by atoms with Crippen LogP contribution in [0, 0.1) is 10.1 Å². The number of rotatable bonds is 6. The van der Waals surface area contributed by atoms with Gasteiger partial charge in [-0.05, 0) is 14.0 Å². The second-order valence-corrected chi connectivity index (χ2v) is 5.75. The summed E-state index contributed by atoms with van der Waals surface area (Å²) in [4.78, 5) is 18.7. The van der Waals surface area contributed by atoms with Crippen molar-refractivity contribution in [2.24, 2.45) is 10.7 Å². The molecule has 144 valence electrons. The van der Waals surface area contributed by atoms with Gasteiger partial charge in [0, 0.05) is 44.9 Å². The minimum absolute atomic E-state index is 0.0374. The lowest BCUT2D eigenvalue weighted by atomic mass is 10.1. The molecule has 0 spiro atoms. The van der Waals surface area contributed by atoms with Crippen LogP contribution in [-0.2, 0) is 0 Å². The first-order valence-corrected chi connectivity index (χ1v) is 8.09. The highest BCUT2D eigenvalue weighted by Crippen LogP contribution is 2.39. The molecule has 0 radical (unpaired) electrons. The summed E-state index contributed by atoms with van der Waals surface area (Å²) in [5.74, 6) is -0.276. The Morgan fingerprint density at radius 1 is 1.42 bits per heavy atom. The molecule has 0 bridgehead atoms. The number of guanidine groups is 1. The first-order valence-electron chi connectivity index (χ1n) is 8.09. The summed E-state index contributed by atoms with van der Waals surface area (Å²) in [5.41, 5.74) is 5.62. The summed E-state index contributed by atoms with van der Waals surface area (Å²) >= 11 is 0. The lowest BCUT2D eigenvalue weighted by molar-refractivity contribution is -0.384. The maximum absolute atomic E-state index is 12.8. The lowest BCUT2D eigenvalue weighted by Gasteiger charge is -2.34. The van der Waals surface area contributed by atoms with Crippen molar-refractivity contribution in [2.75, 3.05) is 50.0 Å². The fraction of sp³-hybridized carbons (Fsp3) is 0.533. The molecule has 3 N–H and O–H groups in total. The van der Waals surface area contributed by atoms with E-state index in [9.17, 15) is 18.9 Å². The molecule has 1 aromatic rings. The van der Waals surface area contributed by atoms with E-state index in [-0.39, 0.29) is 28.8 Å². The highest BCUT2D eigenvalue weighted by Gasteiger charge is 2.26. The number of benzene rings is 1. The van der Waals surface area contributed by atoms with Crippen LogP contribution < -0.4 is 20.7 Å². The number of aliphatic imine (C=N–C) groups is 1. The van der Waals surface area contributed by atoms with Gasteiger partial charge in [-0.25, -0.2) is 0 Å². The molecular formula is C15H22F2N6O3. The smallest absolute Gasteiger partial charge is 0.387 e. The molecule has 11 heteroatoms. The quantitative estimate of drug-likeness (QED) is 0.338. The Kier molecular flexibility index (Phi) is 6.50. The predicted molar refractivity (Wildman–Crippen MR) is 95.2 cm³/mol. The summed E-state index contributed by atoms with van der Waals surface area (Å²) in [6.45, 7) is 1.52. The van der Waals surface area contributed by atoms with Gasteiger partial charge < -0.3 is 25.6 Å². The Balaban J connectivity index is 2.46. The van der Waals surface area contributed by atoms with E-state index < -0.39 is 11.5 Å². The molecule has 1 fully saturated rings. The molecule has 0 aliphatic carbocycles.